The zero-order valence-corrected chi connectivity index (χ0v) is 25.6. The minimum atomic E-state index is 0.123. The molecule has 0 atom stereocenters. The van der Waals surface area contributed by atoms with E-state index in [-0.39, 0.29) is 10.8 Å². The highest BCUT2D eigenvalue weighted by molar-refractivity contribution is 7.22. The molecule has 6 aromatic rings. The van der Waals surface area contributed by atoms with Crippen LogP contribution in [0.3, 0.4) is 0 Å². The predicted octanol–water partition coefficient (Wildman–Crippen LogP) is 11.0. The Kier molecular flexibility index (Phi) is 6.72. The second kappa shape index (κ2) is 10.1. The Morgan fingerprint density at radius 3 is 1.23 bits per heavy atom. The van der Waals surface area contributed by atoms with Crippen LogP contribution >= 0.6 is 22.7 Å². The summed E-state index contributed by atoms with van der Waals surface area (Å²) in [5.41, 5.74) is 9.71. The molecule has 0 spiro atoms. The molecule has 200 valence electrons. The Labute approximate surface area is 245 Å². The van der Waals surface area contributed by atoms with Crippen LogP contribution in [-0.2, 0) is 10.8 Å². The van der Waals surface area contributed by atoms with Crippen molar-refractivity contribution in [1.29, 1.82) is 0 Å². The molecule has 40 heavy (non-hydrogen) atoms. The maximum Gasteiger partial charge on any atom is 0.124 e. The van der Waals surface area contributed by atoms with Crippen LogP contribution in [0, 0.1) is 0 Å². The first-order valence-electron chi connectivity index (χ1n) is 13.7. The van der Waals surface area contributed by atoms with Crippen molar-refractivity contribution in [3.05, 3.63) is 107 Å². The lowest BCUT2D eigenvalue weighted by molar-refractivity contribution is 0.591. The first-order valence-corrected chi connectivity index (χ1v) is 15.4. The Morgan fingerprint density at radius 1 is 0.500 bits per heavy atom. The van der Waals surface area contributed by atoms with E-state index in [1.165, 1.54) is 31.7 Å². The van der Waals surface area contributed by atoms with Crippen molar-refractivity contribution in [3.63, 3.8) is 0 Å². The van der Waals surface area contributed by atoms with E-state index < -0.39 is 0 Å². The lowest BCUT2D eigenvalue weighted by Crippen LogP contribution is -2.10. The van der Waals surface area contributed by atoms with E-state index in [1.807, 2.05) is 0 Å². The lowest BCUT2D eigenvalue weighted by Gasteiger charge is -2.18. The number of nitrogens with zero attached hydrogens (tertiary/aromatic N) is 2. The van der Waals surface area contributed by atoms with Crippen molar-refractivity contribution in [3.8, 4) is 21.1 Å². The van der Waals surface area contributed by atoms with Crippen LogP contribution in [-0.4, -0.2) is 9.97 Å². The number of fused-ring (bicyclic) bond motifs is 2. The summed E-state index contributed by atoms with van der Waals surface area (Å²) < 4.78 is 2.46. The fraction of sp³-hybridized carbons (Fsp3) is 0.222. The molecule has 2 heterocycles. The fourth-order valence-electron chi connectivity index (χ4n) is 4.70. The van der Waals surface area contributed by atoms with Crippen LogP contribution in [0.1, 0.15) is 63.8 Å². The van der Waals surface area contributed by atoms with Gasteiger partial charge in [0.2, 0.25) is 0 Å². The predicted molar refractivity (Wildman–Crippen MR) is 176 cm³/mol. The van der Waals surface area contributed by atoms with Gasteiger partial charge in [-0.3, -0.25) is 0 Å². The van der Waals surface area contributed by atoms with Gasteiger partial charge in [-0.25, -0.2) is 9.97 Å². The van der Waals surface area contributed by atoms with E-state index in [4.69, 9.17) is 9.97 Å². The van der Waals surface area contributed by atoms with E-state index in [0.29, 0.717) is 0 Å². The monoisotopic (exact) mass is 558 g/mol. The molecule has 0 saturated carbocycles. The van der Waals surface area contributed by atoms with Crippen molar-refractivity contribution < 1.29 is 0 Å². The van der Waals surface area contributed by atoms with Gasteiger partial charge >= 0.3 is 0 Å². The molecular formula is C36H34N2S2. The normalized spacial score (nSPS) is 12.7. The SMILES string of the molecule is CC(C)(C)c1ccc2sc(-c3ccc(C=Cc4ccc(-c5nc6cc(C(C)(C)C)ccc6s5)cc4)cc3)nc2c1. The second-order valence-corrected chi connectivity index (χ2v) is 14.5. The quantitative estimate of drug-likeness (QED) is 0.201. The topological polar surface area (TPSA) is 25.8 Å². The van der Waals surface area contributed by atoms with Gasteiger partial charge in [-0.15, -0.1) is 22.7 Å². The highest BCUT2D eigenvalue weighted by Crippen LogP contribution is 2.35. The van der Waals surface area contributed by atoms with Crippen molar-refractivity contribution in [2.45, 2.75) is 52.4 Å². The van der Waals surface area contributed by atoms with Gasteiger partial charge < -0.3 is 0 Å². The molecule has 2 nitrogen and oxygen atoms in total. The highest BCUT2D eigenvalue weighted by atomic mass is 32.1. The standard InChI is InChI=1S/C36H34N2S2/c1-35(2,3)27-17-19-31-29(21-27)37-33(39-31)25-13-9-23(10-14-25)7-8-24-11-15-26(16-12-24)34-38-30-22-28(36(4,5)6)18-20-32(30)40-34/h7-22H,1-6H3. The number of benzene rings is 4. The van der Waals surface area contributed by atoms with E-state index in [2.05, 4.69) is 139 Å². The number of hydrogen-bond acceptors (Lipinski definition) is 4. The minimum Gasteiger partial charge on any atom is -0.236 e. The third kappa shape index (κ3) is 5.52. The van der Waals surface area contributed by atoms with E-state index in [9.17, 15) is 0 Å². The van der Waals surface area contributed by atoms with Gasteiger partial charge in [0.05, 0.1) is 20.4 Å². The smallest absolute Gasteiger partial charge is 0.124 e. The summed E-state index contributed by atoms with van der Waals surface area (Å²) in [7, 11) is 0. The summed E-state index contributed by atoms with van der Waals surface area (Å²) >= 11 is 3.51. The summed E-state index contributed by atoms with van der Waals surface area (Å²) in [6, 6.07) is 30.7. The molecule has 0 radical (unpaired) electrons. The number of hydrogen-bond donors (Lipinski definition) is 0. The van der Waals surface area contributed by atoms with Crippen molar-refractivity contribution in [1.82, 2.24) is 9.97 Å². The summed E-state index contributed by atoms with van der Waals surface area (Å²) in [5.74, 6) is 0. The molecule has 0 aliphatic heterocycles. The van der Waals surface area contributed by atoms with E-state index >= 15 is 0 Å². The Bertz CT molecular complexity index is 1700. The number of rotatable bonds is 4. The van der Waals surface area contributed by atoms with Crippen LogP contribution in [0.5, 0.6) is 0 Å². The van der Waals surface area contributed by atoms with Gasteiger partial charge in [-0.2, -0.15) is 0 Å². The van der Waals surface area contributed by atoms with Gasteiger partial charge in [0.25, 0.3) is 0 Å². The maximum absolute atomic E-state index is 4.94. The summed E-state index contributed by atoms with van der Waals surface area (Å²) in [5, 5.41) is 2.13. The largest absolute Gasteiger partial charge is 0.236 e. The molecule has 0 N–H and O–H groups in total. The van der Waals surface area contributed by atoms with Crippen molar-refractivity contribution >= 4 is 55.3 Å². The lowest BCUT2D eigenvalue weighted by atomic mass is 9.87. The van der Waals surface area contributed by atoms with Crippen molar-refractivity contribution in [2.75, 3.05) is 0 Å². The maximum atomic E-state index is 4.94. The van der Waals surface area contributed by atoms with Gasteiger partial charge in [-0.05, 0) is 57.3 Å². The summed E-state index contributed by atoms with van der Waals surface area (Å²) in [6.07, 6.45) is 4.33. The molecule has 4 aromatic carbocycles. The molecule has 0 saturated heterocycles. The number of aromatic nitrogens is 2. The van der Waals surface area contributed by atoms with Gasteiger partial charge in [0, 0.05) is 11.1 Å². The van der Waals surface area contributed by atoms with Crippen LogP contribution in [0.25, 0.3) is 53.7 Å². The second-order valence-electron chi connectivity index (χ2n) is 12.5. The van der Waals surface area contributed by atoms with Gasteiger partial charge in [-0.1, -0.05) is 114 Å². The van der Waals surface area contributed by atoms with Gasteiger partial charge in [0.1, 0.15) is 10.0 Å². The molecule has 4 heteroatoms. The molecule has 2 aromatic heterocycles. The molecule has 0 fully saturated rings. The van der Waals surface area contributed by atoms with Crippen LogP contribution in [0.15, 0.2) is 84.9 Å². The molecule has 0 amide bonds. The first-order chi connectivity index (χ1) is 19.0. The minimum absolute atomic E-state index is 0.123. The molecule has 0 aliphatic rings. The Morgan fingerprint density at radius 2 is 0.875 bits per heavy atom. The molecule has 6 rings (SSSR count). The van der Waals surface area contributed by atoms with Crippen LogP contribution in [0.4, 0.5) is 0 Å². The van der Waals surface area contributed by atoms with Crippen LogP contribution < -0.4 is 0 Å². The number of thiazole rings is 2. The first kappa shape index (κ1) is 26.6. The van der Waals surface area contributed by atoms with E-state index in [1.54, 1.807) is 22.7 Å². The zero-order valence-electron chi connectivity index (χ0n) is 23.9. The summed E-state index contributed by atoms with van der Waals surface area (Å²) in [6.45, 7) is 13.5. The molecule has 0 aliphatic carbocycles. The van der Waals surface area contributed by atoms with Gasteiger partial charge in [0.15, 0.2) is 0 Å². The zero-order chi connectivity index (χ0) is 28.1. The molecule has 0 unspecified atom stereocenters. The highest BCUT2D eigenvalue weighted by Gasteiger charge is 2.17. The van der Waals surface area contributed by atoms with Crippen LogP contribution in [0.2, 0.25) is 0 Å². The molecular weight excluding hydrogens is 525 g/mol. The Hall–Kier alpha value is -3.60. The Balaban J connectivity index is 1.16. The third-order valence-corrected chi connectivity index (χ3v) is 9.46. The summed E-state index contributed by atoms with van der Waals surface area (Å²) in [4.78, 5) is 9.88. The average molecular weight is 559 g/mol. The van der Waals surface area contributed by atoms with Crippen molar-refractivity contribution in [2.24, 2.45) is 0 Å². The fourth-order valence-corrected chi connectivity index (χ4v) is 6.60. The average Bonchev–Trinajstić information content (AvgIpc) is 3.55. The van der Waals surface area contributed by atoms with E-state index in [0.717, 1.165) is 32.2 Å². The third-order valence-electron chi connectivity index (χ3n) is 7.29. The molecule has 0 bridgehead atoms.